The second kappa shape index (κ2) is 4.04. The topological polar surface area (TPSA) is 20.2 Å². The number of hydrogen-bond donors (Lipinski definition) is 1. The van der Waals surface area contributed by atoms with E-state index >= 15 is 0 Å². The lowest BCUT2D eigenvalue weighted by Crippen LogP contribution is -1.79. The molecule has 0 amide bonds. The van der Waals surface area contributed by atoms with Crippen molar-refractivity contribution in [2.45, 2.75) is 6.42 Å². The largest absolute Gasteiger partial charge is 0.508 e. The van der Waals surface area contributed by atoms with Crippen LogP contribution in [0.2, 0.25) is 0 Å². The van der Waals surface area contributed by atoms with Crippen molar-refractivity contribution in [3.63, 3.8) is 0 Å². The van der Waals surface area contributed by atoms with Gasteiger partial charge in [0, 0.05) is 5.54 Å². The molecule has 1 rings (SSSR count). The normalized spacial score (nSPS) is 10.6. The highest BCUT2D eigenvalue weighted by atomic mass is 35.5. The summed E-state index contributed by atoms with van der Waals surface area (Å²) in [7, 11) is 0. The Kier molecular flexibility index (Phi) is 2.99. The van der Waals surface area contributed by atoms with E-state index in [9.17, 15) is 5.11 Å². The van der Waals surface area contributed by atoms with E-state index in [0.717, 1.165) is 5.56 Å². The van der Waals surface area contributed by atoms with E-state index in [1.54, 1.807) is 18.2 Å². The van der Waals surface area contributed by atoms with Crippen molar-refractivity contribution in [2.24, 2.45) is 0 Å². The van der Waals surface area contributed by atoms with Gasteiger partial charge in [-0.25, -0.2) is 0 Å². The molecule has 0 unspecified atom stereocenters. The summed E-state index contributed by atoms with van der Waals surface area (Å²) in [5, 5.41) is 9.26. The molecule has 2 heteroatoms. The van der Waals surface area contributed by atoms with Gasteiger partial charge in [0.2, 0.25) is 0 Å². The molecule has 0 radical (unpaired) electrons. The number of benzene rings is 1. The third-order valence-electron chi connectivity index (χ3n) is 1.42. The Morgan fingerprint density at radius 3 is 2.73 bits per heavy atom. The van der Waals surface area contributed by atoms with Gasteiger partial charge >= 0.3 is 0 Å². The molecule has 1 aromatic carbocycles. The average Bonchev–Trinajstić information content (AvgIpc) is 2.03. The van der Waals surface area contributed by atoms with Gasteiger partial charge in [-0.1, -0.05) is 35.9 Å². The van der Waals surface area contributed by atoms with E-state index in [2.05, 4.69) is 0 Å². The van der Waals surface area contributed by atoms with Crippen LogP contribution in [-0.4, -0.2) is 5.11 Å². The van der Waals surface area contributed by atoms with Crippen LogP contribution >= 0.6 is 11.6 Å². The van der Waals surface area contributed by atoms with Crippen LogP contribution in [0.3, 0.4) is 0 Å². The number of para-hydroxylation sites is 1. The predicted molar refractivity (Wildman–Crippen MR) is 46.8 cm³/mol. The molecule has 0 saturated heterocycles. The minimum Gasteiger partial charge on any atom is -0.508 e. The molecule has 0 aliphatic carbocycles. The smallest absolute Gasteiger partial charge is 0.119 e. The van der Waals surface area contributed by atoms with Crippen LogP contribution in [0.1, 0.15) is 5.56 Å². The summed E-state index contributed by atoms with van der Waals surface area (Å²) < 4.78 is 0. The Labute approximate surface area is 70.9 Å². The summed E-state index contributed by atoms with van der Waals surface area (Å²) in [5.41, 5.74) is 2.34. The Balaban J connectivity index is 2.77. The summed E-state index contributed by atoms with van der Waals surface area (Å²) in [6.07, 6.45) is 2.47. The first kappa shape index (κ1) is 8.15. The molecule has 0 bridgehead atoms. The van der Waals surface area contributed by atoms with Gasteiger partial charge < -0.3 is 5.11 Å². The molecule has 0 heterocycles. The minimum absolute atomic E-state index is 0.322. The summed E-state index contributed by atoms with van der Waals surface area (Å²) in [5.74, 6) is 0.322. The number of aromatic hydroxyl groups is 1. The molecular formula is C9H9ClO. The fourth-order valence-electron chi connectivity index (χ4n) is 0.855. The maximum atomic E-state index is 9.26. The first-order chi connectivity index (χ1) is 5.34. The first-order valence-electron chi connectivity index (χ1n) is 3.36. The molecule has 1 N–H and O–H groups in total. The van der Waals surface area contributed by atoms with E-state index in [0.29, 0.717) is 12.2 Å². The Morgan fingerprint density at radius 2 is 2.09 bits per heavy atom. The average molecular weight is 169 g/mol. The molecule has 58 valence electrons. The monoisotopic (exact) mass is 168 g/mol. The summed E-state index contributed by atoms with van der Waals surface area (Å²) in [6.45, 7) is 0. The summed E-state index contributed by atoms with van der Waals surface area (Å²) in [4.78, 5) is 0. The van der Waals surface area contributed by atoms with Crippen molar-refractivity contribution >= 4 is 11.6 Å². The summed E-state index contributed by atoms with van der Waals surface area (Å²) in [6, 6.07) is 7.21. The standard InChI is InChI=1S/C9H9ClO/c10-7-3-5-8-4-1-2-6-9(8)11/h1-4,6-7,11H,5H2/b7-3-. The van der Waals surface area contributed by atoms with Crippen molar-refractivity contribution in [3.05, 3.63) is 41.4 Å². The number of phenols is 1. The summed E-state index contributed by atoms with van der Waals surface area (Å²) >= 11 is 5.34. The number of phenolic OH excluding ortho intramolecular Hbond substituents is 1. The molecule has 0 fully saturated rings. The van der Waals surface area contributed by atoms with Crippen LogP contribution in [-0.2, 0) is 6.42 Å². The third-order valence-corrected chi connectivity index (χ3v) is 1.60. The lowest BCUT2D eigenvalue weighted by molar-refractivity contribution is 0.470. The lowest BCUT2D eigenvalue weighted by Gasteiger charge is -1.98. The van der Waals surface area contributed by atoms with E-state index in [4.69, 9.17) is 11.6 Å². The van der Waals surface area contributed by atoms with E-state index in [-0.39, 0.29) is 0 Å². The number of hydrogen-bond acceptors (Lipinski definition) is 1. The fraction of sp³-hybridized carbons (Fsp3) is 0.111. The van der Waals surface area contributed by atoms with Gasteiger partial charge in [-0.2, -0.15) is 0 Å². The molecule has 0 aromatic heterocycles. The van der Waals surface area contributed by atoms with Gasteiger partial charge in [-0.3, -0.25) is 0 Å². The van der Waals surface area contributed by atoms with Crippen LogP contribution in [0.15, 0.2) is 35.9 Å². The van der Waals surface area contributed by atoms with Crippen molar-refractivity contribution in [2.75, 3.05) is 0 Å². The van der Waals surface area contributed by atoms with Crippen LogP contribution in [0.4, 0.5) is 0 Å². The molecule has 0 aliphatic rings. The van der Waals surface area contributed by atoms with Crippen LogP contribution in [0.5, 0.6) is 5.75 Å². The lowest BCUT2D eigenvalue weighted by atomic mass is 10.1. The van der Waals surface area contributed by atoms with Crippen LogP contribution in [0, 0.1) is 0 Å². The Bertz CT molecular complexity index is 255. The van der Waals surface area contributed by atoms with E-state index < -0.39 is 0 Å². The number of allylic oxidation sites excluding steroid dienone is 1. The second-order valence-electron chi connectivity index (χ2n) is 2.19. The molecule has 1 aromatic rings. The maximum absolute atomic E-state index is 9.26. The van der Waals surface area contributed by atoms with Crippen LogP contribution in [0.25, 0.3) is 0 Å². The molecule has 0 atom stereocenters. The third kappa shape index (κ3) is 2.28. The number of rotatable bonds is 2. The minimum atomic E-state index is 0.322. The second-order valence-corrected chi connectivity index (χ2v) is 2.45. The number of halogens is 1. The predicted octanol–water partition coefficient (Wildman–Crippen LogP) is 2.69. The van der Waals surface area contributed by atoms with E-state index in [1.807, 2.05) is 12.1 Å². The molecular weight excluding hydrogens is 160 g/mol. The zero-order valence-electron chi connectivity index (χ0n) is 6.00. The van der Waals surface area contributed by atoms with Gasteiger partial charge in [0.05, 0.1) is 0 Å². The molecule has 1 nitrogen and oxygen atoms in total. The van der Waals surface area contributed by atoms with Crippen LogP contribution < -0.4 is 0 Å². The zero-order chi connectivity index (χ0) is 8.10. The molecule has 0 saturated carbocycles. The maximum Gasteiger partial charge on any atom is 0.119 e. The van der Waals surface area contributed by atoms with Gasteiger partial charge in [0.15, 0.2) is 0 Å². The Morgan fingerprint density at radius 1 is 1.36 bits per heavy atom. The highest BCUT2D eigenvalue weighted by Crippen LogP contribution is 2.16. The highest BCUT2D eigenvalue weighted by Gasteiger charge is 1.94. The highest BCUT2D eigenvalue weighted by molar-refractivity contribution is 6.25. The van der Waals surface area contributed by atoms with Crippen molar-refractivity contribution in [3.8, 4) is 5.75 Å². The van der Waals surface area contributed by atoms with Crippen molar-refractivity contribution in [1.82, 2.24) is 0 Å². The first-order valence-corrected chi connectivity index (χ1v) is 3.80. The zero-order valence-corrected chi connectivity index (χ0v) is 6.75. The molecule has 0 spiro atoms. The van der Waals surface area contributed by atoms with Crippen molar-refractivity contribution in [1.29, 1.82) is 0 Å². The fourth-order valence-corrected chi connectivity index (χ4v) is 0.944. The van der Waals surface area contributed by atoms with Gasteiger partial charge in [-0.05, 0) is 18.1 Å². The van der Waals surface area contributed by atoms with Gasteiger partial charge in [0.25, 0.3) is 0 Å². The van der Waals surface area contributed by atoms with E-state index in [1.165, 1.54) is 5.54 Å². The molecule has 11 heavy (non-hydrogen) atoms. The van der Waals surface area contributed by atoms with Gasteiger partial charge in [-0.15, -0.1) is 0 Å². The quantitative estimate of drug-likeness (QED) is 0.720. The van der Waals surface area contributed by atoms with Crippen molar-refractivity contribution < 1.29 is 5.11 Å². The van der Waals surface area contributed by atoms with Gasteiger partial charge in [0.1, 0.15) is 5.75 Å². The molecule has 0 aliphatic heterocycles. The Hall–Kier alpha value is -0.950. The SMILES string of the molecule is Oc1ccccc1C/C=C\Cl.